The predicted octanol–water partition coefficient (Wildman–Crippen LogP) is 3.76. The van der Waals surface area contributed by atoms with Crippen LogP contribution in [-0.2, 0) is 0 Å². The number of hydrogen-bond acceptors (Lipinski definition) is 2. The maximum Gasteiger partial charge on any atom is 0.170 e. The number of aryl methyl sites for hydroxylation is 1. The lowest BCUT2D eigenvalue weighted by Gasteiger charge is -2.04. The molecule has 1 aromatic heterocycles. The molecule has 0 bridgehead atoms. The Morgan fingerprint density at radius 3 is 2.40 bits per heavy atom. The summed E-state index contributed by atoms with van der Waals surface area (Å²) in [5.74, 6) is 0. The number of nitrogens with zero attached hydrogens (tertiary/aromatic N) is 2. The van der Waals surface area contributed by atoms with Crippen LogP contribution in [0.2, 0.25) is 10.2 Å². The third kappa shape index (κ3) is 2.11. The normalized spacial score (nSPS) is 10.3. The number of hydrogen-bond donors (Lipinski definition) is 0. The molecule has 0 spiro atoms. The molecular formula is C11H8Cl2N2. The zero-order valence-electron chi connectivity index (χ0n) is 8.04. The Balaban J connectivity index is 2.54. The molecule has 0 fully saturated rings. The second-order valence-electron chi connectivity index (χ2n) is 3.23. The average molecular weight is 239 g/mol. The number of aromatic nitrogens is 2. The van der Waals surface area contributed by atoms with Crippen molar-refractivity contribution in [2.45, 2.75) is 6.92 Å². The maximum absolute atomic E-state index is 6.03. The Morgan fingerprint density at radius 1 is 1.07 bits per heavy atom. The van der Waals surface area contributed by atoms with Crippen LogP contribution in [0.5, 0.6) is 0 Å². The van der Waals surface area contributed by atoms with E-state index in [0.717, 1.165) is 11.1 Å². The standard InChI is InChI=1S/C11H8Cl2N2/c1-7-2-4-8(5-3-7)9-6-14-15-11(13)10(9)12/h2-6H,1H3. The van der Waals surface area contributed by atoms with Crippen molar-refractivity contribution in [2.24, 2.45) is 0 Å². The maximum atomic E-state index is 6.03. The average Bonchev–Trinajstić information content (AvgIpc) is 2.24. The van der Waals surface area contributed by atoms with Gasteiger partial charge in [-0.05, 0) is 12.5 Å². The van der Waals surface area contributed by atoms with Gasteiger partial charge in [-0.15, -0.1) is 5.10 Å². The summed E-state index contributed by atoms with van der Waals surface area (Å²) < 4.78 is 0. The van der Waals surface area contributed by atoms with Crippen molar-refractivity contribution in [2.75, 3.05) is 0 Å². The van der Waals surface area contributed by atoms with Crippen molar-refractivity contribution in [1.29, 1.82) is 0 Å². The number of rotatable bonds is 1. The largest absolute Gasteiger partial charge is 0.170 e. The second-order valence-corrected chi connectivity index (χ2v) is 3.97. The summed E-state index contributed by atoms with van der Waals surface area (Å²) in [6.45, 7) is 2.03. The highest BCUT2D eigenvalue weighted by Crippen LogP contribution is 2.30. The third-order valence-corrected chi connectivity index (χ3v) is 2.86. The van der Waals surface area contributed by atoms with Gasteiger partial charge in [-0.3, -0.25) is 0 Å². The molecule has 2 aromatic rings. The molecule has 0 atom stereocenters. The molecule has 0 aliphatic carbocycles. The minimum absolute atomic E-state index is 0.231. The first-order chi connectivity index (χ1) is 7.18. The van der Waals surface area contributed by atoms with Crippen LogP contribution >= 0.6 is 23.2 Å². The fraction of sp³-hybridized carbons (Fsp3) is 0.0909. The molecule has 0 radical (unpaired) electrons. The number of halogens is 2. The molecule has 0 N–H and O–H groups in total. The summed E-state index contributed by atoms with van der Waals surface area (Å²) in [5, 5.41) is 8.11. The van der Waals surface area contributed by atoms with Gasteiger partial charge in [0.25, 0.3) is 0 Å². The molecule has 2 rings (SSSR count). The Kier molecular flexibility index (Phi) is 2.89. The molecule has 2 nitrogen and oxygen atoms in total. The molecule has 15 heavy (non-hydrogen) atoms. The van der Waals surface area contributed by atoms with E-state index in [1.165, 1.54) is 5.56 Å². The van der Waals surface area contributed by atoms with Crippen molar-refractivity contribution < 1.29 is 0 Å². The van der Waals surface area contributed by atoms with Gasteiger partial charge in [0.2, 0.25) is 0 Å². The van der Waals surface area contributed by atoms with Crippen LogP contribution < -0.4 is 0 Å². The Labute approximate surface area is 97.9 Å². The van der Waals surface area contributed by atoms with Crippen molar-refractivity contribution >= 4 is 23.2 Å². The number of benzene rings is 1. The SMILES string of the molecule is Cc1ccc(-c2cnnc(Cl)c2Cl)cc1. The molecule has 0 amide bonds. The molecule has 4 heteroatoms. The van der Waals surface area contributed by atoms with Crippen LogP contribution in [0.3, 0.4) is 0 Å². The fourth-order valence-electron chi connectivity index (χ4n) is 1.28. The van der Waals surface area contributed by atoms with E-state index in [1.807, 2.05) is 31.2 Å². The van der Waals surface area contributed by atoms with Crippen LogP contribution in [0.1, 0.15) is 5.56 Å². The van der Waals surface area contributed by atoms with Gasteiger partial charge in [-0.1, -0.05) is 53.0 Å². The van der Waals surface area contributed by atoms with E-state index in [9.17, 15) is 0 Å². The van der Waals surface area contributed by atoms with Gasteiger partial charge in [0.15, 0.2) is 5.15 Å². The minimum atomic E-state index is 0.231. The first-order valence-electron chi connectivity index (χ1n) is 4.42. The van der Waals surface area contributed by atoms with E-state index >= 15 is 0 Å². The molecule has 1 heterocycles. The highest BCUT2D eigenvalue weighted by Gasteiger charge is 2.08. The molecule has 0 aliphatic rings. The topological polar surface area (TPSA) is 25.8 Å². The first-order valence-corrected chi connectivity index (χ1v) is 5.18. The van der Waals surface area contributed by atoms with Gasteiger partial charge in [-0.2, -0.15) is 5.10 Å². The van der Waals surface area contributed by atoms with Crippen molar-refractivity contribution in [1.82, 2.24) is 10.2 Å². The monoisotopic (exact) mass is 238 g/mol. The van der Waals surface area contributed by atoms with Gasteiger partial charge >= 0.3 is 0 Å². The van der Waals surface area contributed by atoms with Crippen LogP contribution in [0, 0.1) is 6.92 Å². The van der Waals surface area contributed by atoms with Crippen molar-refractivity contribution in [3.8, 4) is 11.1 Å². The van der Waals surface area contributed by atoms with E-state index in [4.69, 9.17) is 23.2 Å². The molecule has 1 aromatic carbocycles. The zero-order chi connectivity index (χ0) is 10.8. The van der Waals surface area contributed by atoms with E-state index in [0.29, 0.717) is 5.02 Å². The lowest BCUT2D eigenvalue weighted by Crippen LogP contribution is -1.87. The molecule has 76 valence electrons. The van der Waals surface area contributed by atoms with Gasteiger partial charge < -0.3 is 0 Å². The Morgan fingerprint density at radius 2 is 1.73 bits per heavy atom. The summed E-state index contributed by atoms with van der Waals surface area (Å²) in [4.78, 5) is 0. The van der Waals surface area contributed by atoms with Gasteiger partial charge in [0, 0.05) is 5.56 Å². The molecule has 0 saturated heterocycles. The highest BCUT2D eigenvalue weighted by molar-refractivity contribution is 6.42. The Bertz CT molecular complexity index is 480. The summed E-state index contributed by atoms with van der Waals surface area (Å²) in [6, 6.07) is 7.99. The smallest absolute Gasteiger partial charge is 0.157 e. The summed E-state index contributed by atoms with van der Waals surface area (Å²) in [5.41, 5.74) is 2.99. The molecule has 0 aliphatic heterocycles. The van der Waals surface area contributed by atoms with Crippen LogP contribution in [0.15, 0.2) is 30.5 Å². The molecule has 0 unspecified atom stereocenters. The van der Waals surface area contributed by atoms with Crippen LogP contribution in [-0.4, -0.2) is 10.2 Å². The van der Waals surface area contributed by atoms with Crippen LogP contribution in [0.25, 0.3) is 11.1 Å². The van der Waals surface area contributed by atoms with E-state index in [1.54, 1.807) is 6.20 Å². The first kappa shape index (κ1) is 10.4. The lowest BCUT2D eigenvalue weighted by molar-refractivity contribution is 1.03. The van der Waals surface area contributed by atoms with Gasteiger partial charge in [0.1, 0.15) is 0 Å². The zero-order valence-corrected chi connectivity index (χ0v) is 9.55. The summed E-state index contributed by atoms with van der Waals surface area (Å²) in [7, 11) is 0. The summed E-state index contributed by atoms with van der Waals surface area (Å²) in [6.07, 6.45) is 1.61. The van der Waals surface area contributed by atoms with E-state index < -0.39 is 0 Å². The third-order valence-electron chi connectivity index (χ3n) is 2.11. The predicted molar refractivity (Wildman–Crippen MR) is 62.2 cm³/mol. The van der Waals surface area contributed by atoms with Crippen molar-refractivity contribution in [3.05, 3.63) is 46.2 Å². The Hall–Kier alpha value is -1.12. The van der Waals surface area contributed by atoms with Crippen LogP contribution in [0.4, 0.5) is 0 Å². The fourth-order valence-corrected chi connectivity index (χ4v) is 1.62. The lowest BCUT2D eigenvalue weighted by atomic mass is 10.1. The summed E-state index contributed by atoms with van der Waals surface area (Å²) >= 11 is 11.8. The van der Waals surface area contributed by atoms with E-state index in [-0.39, 0.29) is 5.15 Å². The molecular weight excluding hydrogens is 231 g/mol. The second kappa shape index (κ2) is 4.17. The molecule has 0 saturated carbocycles. The minimum Gasteiger partial charge on any atom is -0.157 e. The van der Waals surface area contributed by atoms with E-state index in [2.05, 4.69) is 10.2 Å². The highest BCUT2D eigenvalue weighted by atomic mass is 35.5. The van der Waals surface area contributed by atoms with Crippen molar-refractivity contribution in [3.63, 3.8) is 0 Å². The van der Waals surface area contributed by atoms with Gasteiger partial charge in [-0.25, -0.2) is 0 Å². The quantitative estimate of drug-likeness (QED) is 0.757. The van der Waals surface area contributed by atoms with Gasteiger partial charge in [0.05, 0.1) is 11.2 Å².